The lowest BCUT2D eigenvalue weighted by atomic mass is 10.0. The topological polar surface area (TPSA) is 72.4 Å². The Hall–Kier alpha value is -1.62. The molecule has 0 aromatic heterocycles. The number of hydrogen-bond donors (Lipinski definition) is 1. The van der Waals surface area contributed by atoms with E-state index < -0.39 is 0 Å². The number of nitrogens with two attached hydrogens (primary N) is 1. The van der Waals surface area contributed by atoms with Crippen molar-refractivity contribution < 1.29 is 4.92 Å². The second-order valence-corrected chi connectivity index (χ2v) is 5.10. The summed E-state index contributed by atoms with van der Waals surface area (Å²) in [6.07, 6.45) is 1.00. The minimum absolute atomic E-state index is 0.138. The molecule has 0 radical (unpaired) electrons. The molecule has 1 aromatic carbocycles. The van der Waals surface area contributed by atoms with Crippen LogP contribution in [0, 0.1) is 23.0 Å². The fourth-order valence-corrected chi connectivity index (χ4v) is 2.48. The van der Waals surface area contributed by atoms with E-state index in [1.54, 1.807) is 12.1 Å². The highest BCUT2D eigenvalue weighted by Gasteiger charge is 2.29. The van der Waals surface area contributed by atoms with Gasteiger partial charge in [-0.25, -0.2) is 0 Å². The van der Waals surface area contributed by atoms with Gasteiger partial charge in [-0.1, -0.05) is 6.07 Å². The standard InChI is InChI=1S/C13H19N3O2/c1-9-3-4-12(16(17)18)13(7-9)15-6-5-11(8-15)10(2)14/h3-4,7,10-11H,5-6,8,14H2,1-2H3. The first-order chi connectivity index (χ1) is 8.49. The van der Waals surface area contributed by atoms with Gasteiger partial charge < -0.3 is 10.6 Å². The van der Waals surface area contributed by atoms with Crippen molar-refractivity contribution in [3.05, 3.63) is 33.9 Å². The van der Waals surface area contributed by atoms with E-state index in [0.29, 0.717) is 5.92 Å². The van der Waals surface area contributed by atoms with Crippen LogP contribution in [0.2, 0.25) is 0 Å². The highest BCUT2D eigenvalue weighted by atomic mass is 16.6. The SMILES string of the molecule is Cc1ccc([N+](=O)[O-])c(N2CCC(C(C)N)C2)c1. The van der Waals surface area contributed by atoms with Gasteiger partial charge in [-0.15, -0.1) is 0 Å². The Kier molecular flexibility index (Phi) is 3.52. The predicted octanol–water partition coefficient (Wildman–Crippen LogP) is 2.08. The van der Waals surface area contributed by atoms with Crippen LogP contribution in [0.15, 0.2) is 18.2 Å². The number of nitro benzene ring substituents is 1. The van der Waals surface area contributed by atoms with Crippen molar-refractivity contribution in [3.63, 3.8) is 0 Å². The molecule has 0 saturated carbocycles. The van der Waals surface area contributed by atoms with Gasteiger partial charge in [-0.3, -0.25) is 10.1 Å². The minimum atomic E-state index is -0.312. The Bertz CT molecular complexity index is 460. The maximum absolute atomic E-state index is 11.1. The lowest BCUT2D eigenvalue weighted by Crippen LogP contribution is -2.29. The zero-order valence-electron chi connectivity index (χ0n) is 10.8. The third-order valence-corrected chi connectivity index (χ3v) is 3.64. The molecule has 2 rings (SSSR count). The summed E-state index contributed by atoms with van der Waals surface area (Å²) in [5.74, 6) is 0.421. The third-order valence-electron chi connectivity index (χ3n) is 3.64. The molecule has 1 heterocycles. The summed E-state index contributed by atoms with van der Waals surface area (Å²) < 4.78 is 0. The van der Waals surface area contributed by atoms with Crippen LogP contribution in [0.1, 0.15) is 18.9 Å². The third kappa shape index (κ3) is 2.46. The molecule has 1 fully saturated rings. The molecule has 2 N–H and O–H groups in total. The van der Waals surface area contributed by atoms with Gasteiger partial charge >= 0.3 is 0 Å². The monoisotopic (exact) mass is 249 g/mol. The van der Waals surface area contributed by atoms with E-state index >= 15 is 0 Å². The Labute approximate surface area is 107 Å². The van der Waals surface area contributed by atoms with Crippen molar-refractivity contribution >= 4 is 11.4 Å². The second-order valence-electron chi connectivity index (χ2n) is 5.10. The zero-order valence-corrected chi connectivity index (χ0v) is 10.8. The van der Waals surface area contributed by atoms with Crippen LogP contribution >= 0.6 is 0 Å². The summed E-state index contributed by atoms with van der Waals surface area (Å²) in [6.45, 7) is 5.60. The molecule has 98 valence electrons. The number of anilines is 1. The van der Waals surface area contributed by atoms with E-state index in [1.165, 1.54) is 0 Å². The summed E-state index contributed by atoms with van der Waals surface area (Å²) in [4.78, 5) is 12.8. The Morgan fingerprint density at radius 3 is 2.83 bits per heavy atom. The fraction of sp³-hybridized carbons (Fsp3) is 0.538. The van der Waals surface area contributed by atoms with Crippen LogP contribution in [0.4, 0.5) is 11.4 Å². The maximum atomic E-state index is 11.1. The van der Waals surface area contributed by atoms with Crippen LogP contribution in [-0.2, 0) is 0 Å². The van der Waals surface area contributed by atoms with Crippen molar-refractivity contribution in [2.75, 3.05) is 18.0 Å². The van der Waals surface area contributed by atoms with Crippen molar-refractivity contribution in [3.8, 4) is 0 Å². The quantitative estimate of drug-likeness (QED) is 0.657. The maximum Gasteiger partial charge on any atom is 0.292 e. The van der Waals surface area contributed by atoms with E-state index in [1.807, 2.05) is 19.9 Å². The van der Waals surface area contributed by atoms with Gasteiger partial charge in [0.05, 0.1) is 4.92 Å². The molecule has 0 bridgehead atoms. The summed E-state index contributed by atoms with van der Waals surface area (Å²) in [6, 6.07) is 5.39. The molecule has 1 aliphatic heterocycles. The van der Waals surface area contributed by atoms with Crippen LogP contribution < -0.4 is 10.6 Å². The average molecular weight is 249 g/mol. The molecule has 0 amide bonds. The summed E-state index contributed by atoms with van der Waals surface area (Å²) >= 11 is 0. The zero-order chi connectivity index (χ0) is 13.3. The van der Waals surface area contributed by atoms with Crippen molar-refractivity contribution in [2.45, 2.75) is 26.3 Å². The van der Waals surface area contributed by atoms with Gasteiger partial charge in [0.1, 0.15) is 5.69 Å². The predicted molar refractivity (Wildman–Crippen MR) is 71.8 cm³/mol. The molecular weight excluding hydrogens is 230 g/mol. The normalized spacial score (nSPS) is 21.1. The van der Waals surface area contributed by atoms with E-state index in [2.05, 4.69) is 4.90 Å². The van der Waals surface area contributed by atoms with E-state index in [4.69, 9.17) is 5.73 Å². The summed E-state index contributed by atoms with van der Waals surface area (Å²) in [5, 5.41) is 11.1. The number of benzene rings is 1. The average Bonchev–Trinajstić information content (AvgIpc) is 2.77. The van der Waals surface area contributed by atoms with Gasteiger partial charge in [0.25, 0.3) is 5.69 Å². The van der Waals surface area contributed by atoms with Gasteiger partial charge in [-0.05, 0) is 37.8 Å². The lowest BCUT2D eigenvalue weighted by molar-refractivity contribution is -0.384. The lowest BCUT2D eigenvalue weighted by Gasteiger charge is -2.20. The molecule has 5 heteroatoms. The Balaban J connectivity index is 2.28. The van der Waals surface area contributed by atoms with Crippen molar-refractivity contribution in [1.29, 1.82) is 0 Å². The minimum Gasteiger partial charge on any atom is -0.366 e. The highest BCUT2D eigenvalue weighted by Crippen LogP contribution is 2.33. The highest BCUT2D eigenvalue weighted by molar-refractivity contribution is 5.65. The molecule has 1 aliphatic rings. The molecule has 18 heavy (non-hydrogen) atoms. The van der Waals surface area contributed by atoms with Crippen LogP contribution in [-0.4, -0.2) is 24.1 Å². The number of nitrogens with zero attached hydrogens (tertiary/aromatic N) is 2. The van der Waals surface area contributed by atoms with Crippen molar-refractivity contribution in [2.24, 2.45) is 11.7 Å². The summed E-state index contributed by atoms with van der Waals surface area (Å²) in [5.41, 5.74) is 7.86. The molecule has 0 spiro atoms. The molecule has 5 nitrogen and oxygen atoms in total. The molecule has 0 aliphatic carbocycles. The first-order valence-corrected chi connectivity index (χ1v) is 6.24. The largest absolute Gasteiger partial charge is 0.366 e. The number of aryl methyl sites for hydroxylation is 1. The Morgan fingerprint density at radius 1 is 1.56 bits per heavy atom. The van der Waals surface area contributed by atoms with Crippen LogP contribution in [0.5, 0.6) is 0 Å². The molecule has 2 unspecified atom stereocenters. The van der Waals surface area contributed by atoms with Crippen LogP contribution in [0.25, 0.3) is 0 Å². The van der Waals surface area contributed by atoms with E-state index in [0.717, 1.165) is 30.8 Å². The number of nitro groups is 1. The van der Waals surface area contributed by atoms with Gasteiger partial charge in [0, 0.05) is 25.2 Å². The molecule has 1 aromatic rings. The fourth-order valence-electron chi connectivity index (χ4n) is 2.48. The first-order valence-electron chi connectivity index (χ1n) is 6.24. The van der Waals surface area contributed by atoms with Gasteiger partial charge in [-0.2, -0.15) is 0 Å². The smallest absolute Gasteiger partial charge is 0.292 e. The van der Waals surface area contributed by atoms with Crippen LogP contribution in [0.3, 0.4) is 0 Å². The number of rotatable bonds is 3. The van der Waals surface area contributed by atoms with E-state index in [-0.39, 0.29) is 16.7 Å². The van der Waals surface area contributed by atoms with E-state index in [9.17, 15) is 10.1 Å². The second kappa shape index (κ2) is 4.94. The summed E-state index contributed by atoms with van der Waals surface area (Å²) in [7, 11) is 0. The first kappa shape index (κ1) is 12.8. The van der Waals surface area contributed by atoms with Crippen molar-refractivity contribution in [1.82, 2.24) is 0 Å². The molecular formula is C13H19N3O2. The Morgan fingerprint density at radius 2 is 2.28 bits per heavy atom. The molecule has 1 saturated heterocycles. The van der Waals surface area contributed by atoms with Gasteiger partial charge in [0.15, 0.2) is 0 Å². The molecule has 2 atom stereocenters. The number of hydrogen-bond acceptors (Lipinski definition) is 4. The van der Waals surface area contributed by atoms with Gasteiger partial charge in [0.2, 0.25) is 0 Å².